The van der Waals surface area contributed by atoms with E-state index >= 15 is 0 Å². The molecule has 19 heavy (non-hydrogen) atoms. The summed E-state index contributed by atoms with van der Waals surface area (Å²) in [7, 11) is 1.67. The van der Waals surface area contributed by atoms with Gasteiger partial charge in [-0.15, -0.1) is 0 Å². The predicted molar refractivity (Wildman–Crippen MR) is 75.3 cm³/mol. The number of methoxy groups -OCH3 is 1. The van der Waals surface area contributed by atoms with Crippen LogP contribution in [0.25, 0.3) is 10.9 Å². The zero-order valence-electron chi connectivity index (χ0n) is 11.0. The quantitative estimate of drug-likeness (QED) is 0.857. The summed E-state index contributed by atoms with van der Waals surface area (Å²) in [5.41, 5.74) is 7.78. The van der Waals surface area contributed by atoms with E-state index in [-0.39, 0.29) is 0 Å². The van der Waals surface area contributed by atoms with Crippen molar-refractivity contribution in [3.05, 3.63) is 23.9 Å². The zero-order chi connectivity index (χ0) is 13.2. The summed E-state index contributed by atoms with van der Waals surface area (Å²) in [5, 5.41) is 4.43. The fourth-order valence-electron chi connectivity index (χ4n) is 2.68. The molecule has 0 unspecified atom stereocenters. The highest BCUT2D eigenvalue weighted by atomic mass is 16.5. The minimum Gasteiger partial charge on any atom is -0.497 e. The number of rotatable bonds is 2. The molecule has 0 amide bonds. The number of aromatic nitrogens is 2. The average molecular weight is 258 g/mol. The molecule has 5 nitrogen and oxygen atoms in total. The van der Waals surface area contributed by atoms with Crippen molar-refractivity contribution < 1.29 is 4.74 Å². The fraction of sp³-hybridized carbons (Fsp3) is 0.429. The highest BCUT2D eigenvalue weighted by Crippen LogP contribution is 2.31. The van der Waals surface area contributed by atoms with Crippen LogP contribution in [0.2, 0.25) is 0 Å². The maximum absolute atomic E-state index is 5.83. The van der Waals surface area contributed by atoms with Crippen LogP contribution in [-0.2, 0) is 0 Å². The van der Waals surface area contributed by atoms with Gasteiger partial charge in [0.15, 0.2) is 0 Å². The van der Waals surface area contributed by atoms with Crippen LogP contribution in [0.4, 0.5) is 5.95 Å². The van der Waals surface area contributed by atoms with Crippen molar-refractivity contribution in [3.63, 3.8) is 0 Å². The number of nitrogens with two attached hydrogens (primary N) is 1. The number of ether oxygens (including phenoxy) is 1. The molecule has 3 N–H and O–H groups in total. The Bertz CT molecular complexity index is 593. The van der Waals surface area contributed by atoms with Crippen LogP contribution < -0.4 is 15.8 Å². The molecule has 0 atom stereocenters. The molecule has 0 aliphatic carbocycles. The molecule has 0 bridgehead atoms. The van der Waals surface area contributed by atoms with Gasteiger partial charge in [-0.05, 0) is 44.1 Å². The first kappa shape index (κ1) is 12.2. The summed E-state index contributed by atoms with van der Waals surface area (Å²) < 4.78 is 5.30. The number of piperidine rings is 1. The van der Waals surface area contributed by atoms with Crippen LogP contribution in [0.5, 0.6) is 5.75 Å². The van der Waals surface area contributed by atoms with Crippen molar-refractivity contribution in [2.24, 2.45) is 0 Å². The molecular formula is C14H18N4O. The molecular weight excluding hydrogens is 240 g/mol. The number of nitrogens with zero attached hydrogens (tertiary/aromatic N) is 2. The molecule has 2 heterocycles. The Labute approximate surface area is 112 Å². The first-order valence-corrected chi connectivity index (χ1v) is 6.60. The standard InChI is InChI=1S/C14H18N4O/c1-19-10-2-3-12-11(8-10)13(18-14(15)17-12)9-4-6-16-7-5-9/h2-3,8-9,16H,4-7H2,1H3,(H2,15,17,18). The number of fused-ring (bicyclic) bond motifs is 1. The summed E-state index contributed by atoms with van der Waals surface area (Å²) >= 11 is 0. The Morgan fingerprint density at radius 2 is 2.05 bits per heavy atom. The van der Waals surface area contributed by atoms with Crippen LogP contribution in [0.1, 0.15) is 24.5 Å². The summed E-state index contributed by atoms with van der Waals surface area (Å²) in [5.74, 6) is 1.63. The van der Waals surface area contributed by atoms with Gasteiger partial charge in [0.25, 0.3) is 0 Å². The SMILES string of the molecule is COc1ccc2nc(N)nc(C3CCNCC3)c2c1. The van der Waals surface area contributed by atoms with E-state index in [0.29, 0.717) is 11.9 Å². The monoisotopic (exact) mass is 258 g/mol. The number of benzene rings is 1. The van der Waals surface area contributed by atoms with Crippen molar-refractivity contribution in [1.29, 1.82) is 0 Å². The summed E-state index contributed by atoms with van der Waals surface area (Å²) in [6.07, 6.45) is 2.17. The van der Waals surface area contributed by atoms with Crippen molar-refractivity contribution in [2.75, 3.05) is 25.9 Å². The van der Waals surface area contributed by atoms with E-state index in [1.807, 2.05) is 18.2 Å². The second-order valence-corrected chi connectivity index (χ2v) is 4.87. The normalized spacial score (nSPS) is 16.7. The van der Waals surface area contributed by atoms with Crippen LogP contribution in [0.15, 0.2) is 18.2 Å². The summed E-state index contributed by atoms with van der Waals surface area (Å²) in [6.45, 7) is 2.06. The van der Waals surface area contributed by atoms with E-state index in [4.69, 9.17) is 10.5 Å². The van der Waals surface area contributed by atoms with Crippen molar-refractivity contribution in [3.8, 4) is 5.75 Å². The molecule has 0 radical (unpaired) electrons. The van der Waals surface area contributed by atoms with Gasteiger partial charge >= 0.3 is 0 Å². The number of hydrogen-bond donors (Lipinski definition) is 2. The average Bonchev–Trinajstić information content (AvgIpc) is 2.47. The Morgan fingerprint density at radius 3 is 2.79 bits per heavy atom. The van der Waals surface area contributed by atoms with Gasteiger partial charge in [0.05, 0.1) is 18.3 Å². The molecule has 5 heteroatoms. The number of nitrogens with one attached hydrogen (secondary N) is 1. The third-order valence-electron chi connectivity index (χ3n) is 3.68. The molecule has 1 saturated heterocycles. The lowest BCUT2D eigenvalue weighted by molar-refractivity contribution is 0.415. The molecule has 0 saturated carbocycles. The van der Waals surface area contributed by atoms with Gasteiger partial charge in [-0.1, -0.05) is 0 Å². The topological polar surface area (TPSA) is 73.1 Å². The molecule has 1 fully saturated rings. The Morgan fingerprint density at radius 1 is 1.26 bits per heavy atom. The Balaban J connectivity index is 2.14. The molecule has 3 rings (SSSR count). The summed E-state index contributed by atoms with van der Waals surface area (Å²) in [4.78, 5) is 8.79. The molecule has 0 spiro atoms. The number of anilines is 1. The minimum atomic E-state index is 0.353. The summed E-state index contributed by atoms with van der Waals surface area (Å²) in [6, 6.07) is 5.85. The lowest BCUT2D eigenvalue weighted by atomic mass is 9.92. The number of hydrogen-bond acceptors (Lipinski definition) is 5. The Hall–Kier alpha value is -1.88. The van der Waals surface area contributed by atoms with Crippen molar-refractivity contribution in [1.82, 2.24) is 15.3 Å². The highest BCUT2D eigenvalue weighted by molar-refractivity contribution is 5.83. The van der Waals surface area contributed by atoms with Gasteiger partial charge in [-0.3, -0.25) is 0 Å². The van der Waals surface area contributed by atoms with E-state index in [1.54, 1.807) is 7.11 Å². The van der Waals surface area contributed by atoms with Crippen LogP contribution >= 0.6 is 0 Å². The lowest BCUT2D eigenvalue weighted by Crippen LogP contribution is -2.27. The molecule has 100 valence electrons. The maximum Gasteiger partial charge on any atom is 0.220 e. The first-order valence-electron chi connectivity index (χ1n) is 6.60. The van der Waals surface area contributed by atoms with Crippen LogP contribution in [0, 0.1) is 0 Å². The van der Waals surface area contributed by atoms with E-state index in [1.165, 1.54) is 0 Å². The number of nitrogen functional groups attached to an aromatic ring is 1. The molecule has 1 aliphatic rings. The van der Waals surface area contributed by atoms with Gasteiger partial charge in [0, 0.05) is 11.3 Å². The van der Waals surface area contributed by atoms with E-state index < -0.39 is 0 Å². The molecule has 1 aromatic carbocycles. The van der Waals surface area contributed by atoms with E-state index in [9.17, 15) is 0 Å². The van der Waals surface area contributed by atoms with Gasteiger partial charge in [0.1, 0.15) is 5.75 Å². The van der Waals surface area contributed by atoms with Crippen LogP contribution in [0.3, 0.4) is 0 Å². The van der Waals surface area contributed by atoms with E-state index in [2.05, 4.69) is 15.3 Å². The maximum atomic E-state index is 5.83. The smallest absolute Gasteiger partial charge is 0.220 e. The van der Waals surface area contributed by atoms with Gasteiger partial charge < -0.3 is 15.8 Å². The largest absolute Gasteiger partial charge is 0.497 e. The van der Waals surface area contributed by atoms with Crippen molar-refractivity contribution >= 4 is 16.9 Å². The third-order valence-corrected chi connectivity index (χ3v) is 3.68. The van der Waals surface area contributed by atoms with Gasteiger partial charge in [-0.2, -0.15) is 0 Å². The zero-order valence-corrected chi connectivity index (χ0v) is 11.0. The molecule has 1 aromatic heterocycles. The van der Waals surface area contributed by atoms with Crippen molar-refractivity contribution in [2.45, 2.75) is 18.8 Å². The highest BCUT2D eigenvalue weighted by Gasteiger charge is 2.20. The van der Waals surface area contributed by atoms with Gasteiger partial charge in [-0.25, -0.2) is 9.97 Å². The van der Waals surface area contributed by atoms with Crippen LogP contribution in [-0.4, -0.2) is 30.2 Å². The van der Waals surface area contributed by atoms with Gasteiger partial charge in [0.2, 0.25) is 5.95 Å². The molecule has 1 aliphatic heterocycles. The lowest BCUT2D eigenvalue weighted by Gasteiger charge is -2.23. The first-order chi connectivity index (χ1) is 9.28. The predicted octanol–water partition coefficient (Wildman–Crippen LogP) is 1.69. The molecule has 2 aromatic rings. The van der Waals surface area contributed by atoms with E-state index in [0.717, 1.165) is 48.3 Å². The third kappa shape index (κ3) is 2.33. The fourth-order valence-corrected chi connectivity index (χ4v) is 2.68. The Kier molecular flexibility index (Phi) is 3.21. The minimum absolute atomic E-state index is 0.353. The second kappa shape index (κ2) is 5.01. The second-order valence-electron chi connectivity index (χ2n) is 4.87.